The van der Waals surface area contributed by atoms with Gasteiger partial charge in [0.25, 0.3) is 5.91 Å². The number of hydrogen-bond donors (Lipinski definition) is 2. The fourth-order valence-corrected chi connectivity index (χ4v) is 4.23. The molecule has 0 saturated carbocycles. The van der Waals surface area contributed by atoms with Crippen molar-refractivity contribution in [3.63, 3.8) is 0 Å². The lowest BCUT2D eigenvalue weighted by Gasteiger charge is -2.36. The van der Waals surface area contributed by atoms with Gasteiger partial charge in [0.2, 0.25) is 5.91 Å². The van der Waals surface area contributed by atoms with Gasteiger partial charge >= 0.3 is 0 Å². The molecule has 0 aromatic heterocycles. The number of ether oxygens (including phenoxy) is 5. The first-order valence-electron chi connectivity index (χ1n) is 10.2. The van der Waals surface area contributed by atoms with E-state index in [2.05, 4.69) is 26.6 Å². The van der Waals surface area contributed by atoms with E-state index in [1.165, 1.54) is 0 Å². The smallest absolute Gasteiger partial charge is 0.252 e. The summed E-state index contributed by atoms with van der Waals surface area (Å²) in [6.45, 7) is 8.68. The molecule has 4 rings (SSSR count). The van der Waals surface area contributed by atoms with Crippen LogP contribution in [0.2, 0.25) is 0 Å². The Morgan fingerprint density at radius 1 is 0.935 bits per heavy atom. The fraction of sp³-hybridized carbons (Fsp3) is 0.619. The van der Waals surface area contributed by atoms with Gasteiger partial charge in [-0.15, -0.1) is 0 Å². The minimum absolute atomic E-state index is 0.355. The van der Waals surface area contributed by atoms with Crippen molar-refractivity contribution in [2.24, 2.45) is 0 Å². The van der Waals surface area contributed by atoms with Crippen LogP contribution < -0.4 is 10.6 Å². The normalized spacial score (nSPS) is 33.8. The Morgan fingerprint density at radius 3 is 2.19 bits per heavy atom. The lowest BCUT2D eigenvalue weighted by Crippen LogP contribution is -2.60. The predicted molar refractivity (Wildman–Crippen MR) is 113 cm³/mol. The summed E-state index contributed by atoms with van der Waals surface area (Å²) in [5, 5.41) is 5.47. The van der Waals surface area contributed by atoms with Crippen molar-refractivity contribution in [2.75, 3.05) is 5.32 Å². The van der Waals surface area contributed by atoms with E-state index in [1.807, 2.05) is 12.1 Å². The largest absolute Gasteiger partial charge is 0.342 e. The second-order valence-electron chi connectivity index (χ2n) is 8.82. The molecule has 0 radical (unpaired) electrons. The molecule has 6 atom stereocenters. The molecule has 1 aromatic rings. The zero-order chi connectivity index (χ0) is 22.6. The third-order valence-electron chi connectivity index (χ3n) is 5.28. The van der Waals surface area contributed by atoms with Gasteiger partial charge in [-0.2, -0.15) is 0 Å². The summed E-state index contributed by atoms with van der Waals surface area (Å²) in [4.78, 5) is 25.6. The van der Waals surface area contributed by atoms with Gasteiger partial charge in [0.15, 0.2) is 24.0 Å². The van der Waals surface area contributed by atoms with Crippen molar-refractivity contribution in [2.45, 2.75) is 82.9 Å². The van der Waals surface area contributed by atoms with Crippen molar-refractivity contribution < 1.29 is 33.3 Å². The Bertz CT molecular complexity index is 860. The zero-order valence-electron chi connectivity index (χ0n) is 18.0. The van der Waals surface area contributed by atoms with E-state index in [1.54, 1.807) is 46.8 Å². The van der Waals surface area contributed by atoms with E-state index in [-0.39, 0.29) is 5.91 Å². The van der Waals surface area contributed by atoms with Crippen LogP contribution in [0.25, 0.3) is 0 Å². The van der Waals surface area contributed by atoms with Gasteiger partial charge in [0, 0.05) is 10.2 Å². The number of halogens is 1. The standard InChI is InChI=1S/C21H27BrN2O7/c1-10(17(25)24-12-8-6-11(22)7-9-12)23-18(26)15-13-14(29-20(2,3)28-13)16-19(27-15)31-21(4,5)30-16/h6-10,13-16,19H,1-5H3,(H,23,26)(H,24,25)/t10-,13+,14+,15+,16+,19+/m0/s1. The maximum atomic E-state index is 13.1. The number of amides is 2. The van der Waals surface area contributed by atoms with E-state index in [9.17, 15) is 9.59 Å². The van der Waals surface area contributed by atoms with E-state index in [0.29, 0.717) is 5.69 Å². The van der Waals surface area contributed by atoms with Crippen LogP contribution in [0.5, 0.6) is 0 Å². The van der Waals surface area contributed by atoms with Crippen molar-refractivity contribution in [1.29, 1.82) is 0 Å². The molecule has 3 fully saturated rings. The highest BCUT2D eigenvalue weighted by atomic mass is 79.9. The van der Waals surface area contributed by atoms with Crippen LogP contribution >= 0.6 is 15.9 Å². The minimum atomic E-state index is -1.02. The Hall–Kier alpha value is -1.56. The van der Waals surface area contributed by atoms with Crippen LogP contribution in [-0.2, 0) is 33.3 Å². The summed E-state index contributed by atoms with van der Waals surface area (Å²) in [6.07, 6.45) is -3.57. The second kappa shape index (κ2) is 8.09. The third kappa shape index (κ3) is 4.79. The molecule has 3 saturated heterocycles. The van der Waals surface area contributed by atoms with Crippen LogP contribution in [0.3, 0.4) is 0 Å². The number of nitrogens with one attached hydrogen (secondary N) is 2. The van der Waals surface area contributed by atoms with E-state index in [0.717, 1.165) is 4.47 Å². The molecule has 0 bridgehead atoms. The molecule has 2 N–H and O–H groups in total. The van der Waals surface area contributed by atoms with Gasteiger partial charge in [0.05, 0.1) is 0 Å². The maximum absolute atomic E-state index is 13.1. The SMILES string of the molecule is C[C@H](NC(=O)[C@@H]1O[C@@H]2OC(C)(C)O[C@@H]2[C@@H]2OC(C)(C)O[C@H]21)C(=O)Nc1ccc(Br)cc1. The molecule has 10 heteroatoms. The lowest BCUT2D eigenvalue weighted by molar-refractivity contribution is -0.231. The van der Waals surface area contributed by atoms with E-state index < -0.39 is 54.2 Å². The molecule has 3 aliphatic heterocycles. The average Bonchev–Trinajstić information content (AvgIpc) is 3.16. The highest BCUT2D eigenvalue weighted by molar-refractivity contribution is 9.10. The quantitative estimate of drug-likeness (QED) is 0.655. The molecular weight excluding hydrogens is 472 g/mol. The fourth-order valence-electron chi connectivity index (χ4n) is 3.97. The molecule has 2 amide bonds. The first-order valence-corrected chi connectivity index (χ1v) is 11.0. The number of fused-ring (bicyclic) bond motifs is 3. The number of hydrogen-bond acceptors (Lipinski definition) is 7. The Kier molecular flexibility index (Phi) is 5.91. The number of benzene rings is 1. The number of anilines is 1. The average molecular weight is 499 g/mol. The second-order valence-corrected chi connectivity index (χ2v) is 9.73. The molecule has 0 aliphatic carbocycles. The van der Waals surface area contributed by atoms with E-state index >= 15 is 0 Å². The van der Waals surface area contributed by atoms with Crippen molar-refractivity contribution in [1.82, 2.24) is 5.32 Å². The summed E-state index contributed by atoms with van der Waals surface area (Å²) in [7, 11) is 0. The zero-order valence-corrected chi connectivity index (χ0v) is 19.6. The maximum Gasteiger partial charge on any atom is 0.252 e. The Labute approximate surface area is 189 Å². The van der Waals surface area contributed by atoms with Gasteiger partial charge < -0.3 is 34.3 Å². The molecule has 31 heavy (non-hydrogen) atoms. The first kappa shape index (κ1) is 22.6. The number of carbonyl (C=O) groups is 2. The molecule has 3 heterocycles. The monoisotopic (exact) mass is 498 g/mol. The molecule has 170 valence electrons. The highest BCUT2D eigenvalue weighted by Gasteiger charge is 2.62. The van der Waals surface area contributed by atoms with Gasteiger partial charge in [-0.25, -0.2) is 0 Å². The minimum Gasteiger partial charge on any atom is -0.342 e. The van der Waals surface area contributed by atoms with Gasteiger partial charge in [0.1, 0.15) is 24.4 Å². The molecule has 0 unspecified atom stereocenters. The van der Waals surface area contributed by atoms with Crippen LogP contribution in [0.4, 0.5) is 5.69 Å². The summed E-state index contributed by atoms with van der Waals surface area (Å²) in [5.74, 6) is -2.63. The Balaban J connectivity index is 1.44. The van der Waals surface area contributed by atoms with Crippen molar-refractivity contribution >= 4 is 33.4 Å². The molecular formula is C21H27BrN2O7. The van der Waals surface area contributed by atoms with Gasteiger partial charge in [-0.1, -0.05) is 15.9 Å². The van der Waals surface area contributed by atoms with E-state index in [4.69, 9.17) is 23.7 Å². The topological polar surface area (TPSA) is 104 Å². The van der Waals surface area contributed by atoms with Gasteiger partial charge in [-0.05, 0) is 58.9 Å². The highest BCUT2D eigenvalue weighted by Crippen LogP contribution is 2.44. The first-order chi connectivity index (χ1) is 14.4. The summed E-state index contributed by atoms with van der Waals surface area (Å²) < 4.78 is 30.5. The lowest BCUT2D eigenvalue weighted by atomic mass is 9.98. The summed E-state index contributed by atoms with van der Waals surface area (Å²) >= 11 is 3.35. The third-order valence-corrected chi connectivity index (χ3v) is 5.81. The summed E-state index contributed by atoms with van der Waals surface area (Å²) in [6, 6.07) is 6.35. The number of rotatable bonds is 4. The van der Waals surface area contributed by atoms with Crippen LogP contribution in [0.15, 0.2) is 28.7 Å². The predicted octanol–water partition coefficient (Wildman–Crippen LogP) is 2.29. The van der Waals surface area contributed by atoms with Crippen molar-refractivity contribution in [3.8, 4) is 0 Å². The molecule has 1 aromatic carbocycles. The Morgan fingerprint density at radius 2 is 1.52 bits per heavy atom. The molecule has 3 aliphatic rings. The van der Waals surface area contributed by atoms with Crippen LogP contribution in [-0.4, -0.2) is 60.1 Å². The number of carbonyl (C=O) groups excluding carboxylic acids is 2. The van der Waals surface area contributed by atoms with Crippen LogP contribution in [0.1, 0.15) is 34.6 Å². The van der Waals surface area contributed by atoms with Crippen LogP contribution in [0, 0.1) is 0 Å². The molecule has 0 spiro atoms. The van der Waals surface area contributed by atoms with Crippen molar-refractivity contribution in [3.05, 3.63) is 28.7 Å². The molecule has 9 nitrogen and oxygen atoms in total. The summed E-state index contributed by atoms with van der Waals surface area (Å²) in [5.41, 5.74) is 0.624. The van der Waals surface area contributed by atoms with Gasteiger partial charge in [-0.3, -0.25) is 9.59 Å².